The van der Waals surface area contributed by atoms with Gasteiger partial charge < -0.3 is 14.5 Å². The minimum absolute atomic E-state index is 0.00559. The fraction of sp³-hybridized carbons (Fsp3) is 0.286. The van der Waals surface area contributed by atoms with E-state index in [2.05, 4.69) is 5.32 Å². The lowest BCUT2D eigenvalue weighted by molar-refractivity contribution is 0.258. The monoisotopic (exact) mass is 267 g/mol. The highest BCUT2D eigenvalue weighted by atomic mass is 19.1. The topological polar surface area (TPSA) is 34.4 Å². The van der Waals surface area contributed by atoms with Gasteiger partial charge in [0, 0.05) is 18.2 Å². The van der Waals surface area contributed by atoms with Gasteiger partial charge in [-0.1, -0.05) is 6.92 Å². The Hall–Kier alpha value is -1.88. The van der Waals surface area contributed by atoms with Crippen LogP contribution in [0, 0.1) is 11.6 Å². The molecule has 0 amide bonds. The van der Waals surface area contributed by atoms with Crippen molar-refractivity contribution in [1.29, 1.82) is 0 Å². The third-order valence-electron chi connectivity index (χ3n) is 2.55. The molecule has 0 radical (unpaired) electrons. The Morgan fingerprint density at radius 1 is 1.26 bits per heavy atom. The quantitative estimate of drug-likeness (QED) is 0.872. The predicted octanol–water partition coefficient (Wildman–Crippen LogP) is 3.25. The molecule has 0 saturated heterocycles. The van der Waals surface area contributed by atoms with Crippen LogP contribution < -0.4 is 10.1 Å². The first-order valence-electron chi connectivity index (χ1n) is 6.04. The molecule has 0 unspecified atom stereocenters. The van der Waals surface area contributed by atoms with Crippen LogP contribution in [0.4, 0.5) is 8.78 Å². The molecule has 1 aromatic heterocycles. The average Bonchev–Trinajstić information content (AvgIpc) is 2.83. The number of halogens is 2. The Bertz CT molecular complexity index is 540. The van der Waals surface area contributed by atoms with Gasteiger partial charge in [0.15, 0.2) is 11.6 Å². The molecule has 1 heterocycles. The fourth-order valence-electron chi connectivity index (χ4n) is 1.61. The molecule has 0 bridgehead atoms. The molecule has 19 heavy (non-hydrogen) atoms. The van der Waals surface area contributed by atoms with E-state index in [1.54, 1.807) is 6.26 Å². The van der Waals surface area contributed by atoms with E-state index in [1.807, 2.05) is 13.0 Å². The molecule has 0 fully saturated rings. The maximum Gasteiger partial charge on any atom is 0.167 e. The van der Waals surface area contributed by atoms with Gasteiger partial charge in [0.2, 0.25) is 0 Å². The maximum atomic E-state index is 13.3. The van der Waals surface area contributed by atoms with E-state index in [9.17, 15) is 8.78 Å². The Morgan fingerprint density at radius 3 is 2.84 bits per heavy atom. The molecule has 0 aliphatic heterocycles. The second kappa shape index (κ2) is 6.33. The molecule has 1 aromatic carbocycles. The van der Waals surface area contributed by atoms with Gasteiger partial charge in [-0.2, -0.15) is 0 Å². The van der Waals surface area contributed by atoms with Crippen LogP contribution in [0.5, 0.6) is 5.75 Å². The Morgan fingerprint density at radius 2 is 2.11 bits per heavy atom. The van der Waals surface area contributed by atoms with Crippen LogP contribution in [0.1, 0.15) is 18.2 Å². The molecular weight excluding hydrogens is 252 g/mol. The largest absolute Gasteiger partial charge is 0.483 e. The molecule has 0 atom stereocenters. The number of furan rings is 1. The molecule has 102 valence electrons. The summed E-state index contributed by atoms with van der Waals surface area (Å²) in [5.41, 5.74) is 1.00. The molecule has 0 saturated carbocycles. The van der Waals surface area contributed by atoms with E-state index >= 15 is 0 Å². The summed E-state index contributed by atoms with van der Waals surface area (Å²) in [6.45, 7) is 3.71. The second-order valence-corrected chi connectivity index (χ2v) is 4.07. The summed E-state index contributed by atoms with van der Waals surface area (Å²) in [7, 11) is 0. The van der Waals surface area contributed by atoms with Crippen LogP contribution in [0.15, 0.2) is 34.9 Å². The summed E-state index contributed by atoms with van der Waals surface area (Å²) in [4.78, 5) is 0. The number of ether oxygens (including phenoxy) is 1. The smallest absolute Gasteiger partial charge is 0.167 e. The van der Waals surface area contributed by atoms with E-state index in [0.717, 1.165) is 24.2 Å². The second-order valence-electron chi connectivity index (χ2n) is 4.07. The van der Waals surface area contributed by atoms with Gasteiger partial charge in [0.25, 0.3) is 0 Å². The summed E-state index contributed by atoms with van der Waals surface area (Å²) in [6.07, 6.45) is 1.63. The molecule has 0 aliphatic carbocycles. The zero-order chi connectivity index (χ0) is 13.7. The molecule has 3 nitrogen and oxygen atoms in total. The van der Waals surface area contributed by atoms with E-state index in [0.29, 0.717) is 12.3 Å². The van der Waals surface area contributed by atoms with E-state index in [-0.39, 0.29) is 12.4 Å². The molecule has 0 spiro atoms. The standard InChI is InChI=1S/C14H15F2NO2/c1-2-17-7-10-5-12(18-8-10)9-19-14-4-3-11(15)6-13(14)16/h3-6,8,17H,2,7,9H2,1H3. The summed E-state index contributed by atoms with van der Waals surface area (Å²) in [6, 6.07) is 5.03. The lowest BCUT2D eigenvalue weighted by Crippen LogP contribution is -2.10. The zero-order valence-corrected chi connectivity index (χ0v) is 10.6. The minimum atomic E-state index is -0.723. The SMILES string of the molecule is CCNCc1coc(COc2ccc(F)cc2F)c1. The number of benzene rings is 1. The first kappa shape index (κ1) is 13.5. The fourth-order valence-corrected chi connectivity index (χ4v) is 1.61. The molecule has 5 heteroatoms. The van der Waals surface area contributed by atoms with Crippen LogP contribution in [0.25, 0.3) is 0 Å². The number of nitrogens with one attached hydrogen (secondary N) is 1. The lowest BCUT2D eigenvalue weighted by Gasteiger charge is -2.04. The highest BCUT2D eigenvalue weighted by molar-refractivity contribution is 5.25. The predicted molar refractivity (Wildman–Crippen MR) is 66.8 cm³/mol. The zero-order valence-electron chi connectivity index (χ0n) is 10.6. The molecule has 0 aliphatic rings. The number of hydrogen-bond acceptors (Lipinski definition) is 3. The van der Waals surface area contributed by atoms with E-state index in [1.165, 1.54) is 6.07 Å². The third-order valence-corrected chi connectivity index (χ3v) is 2.55. The highest BCUT2D eigenvalue weighted by Crippen LogP contribution is 2.19. The molecular formula is C14H15F2NO2. The lowest BCUT2D eigenvalue weighted by atomic mass is 10.3. The van der Waals surface area contributed by atoms with Gasteiger partial charge in [0.05, 0.1) is 6.26 Å². The average molecular weight is 267 g/mol. The van der Waals surface area contributed by atoms with E-state index < -0.39 is 11.6 Å². The van der Waals surface area contributed by atoms with Gasteiger partial charge in [-0.15, -0.1) is 0 Å². The van der Waals surface area contributed by atoms with Crippen molar-refractivity contribution in [2.45, 2.75) is 20.1 Å². The Labute approximate surface area is 110 Å². The van der Waals surface area contributed by atoms with Crippen LogP contribution in [-0.4, -0.2) is 6.54 Å². The van der Waals surface area contributed by atoms with Gasteiger partial charge in [-0.05, 0) is 24.7 Å². The Kier molecular flexibility index (Phi) is 4.52. The highest BCUT2D eigenvalue weighted by Gasteiger charge is 2.07. The normalized spacial score (nSPS) is 10.7. The summed E-state index contributed by atoms with van der Waals surface area (Å²) in [5.74, 6) is -0.752. The first-order chi connectivity index (χ1) is 9.19. The van der Waals surface area contributed by atoms with Crippen LogP contribution in [0.2, 0.25) is 0 Å². The van der Waals surface area contributed by atoms with Crippen molar-refractivity contribution in [2.75, 3.05) is 6.54 Å². The van der Waals surface area contributed by atoms with Gasteiger partial charge in [-0.25, -0.2) is 8.78 Å². The first-order valence-corrected chi connectivity index (χ1v) is 6.04. The van der Waals surface area contributed by atoms with E-state index in [4.69, 9.17) is 9.15 Å². The van der Waals surface area contributed by atoms with Crippen molar-refractivity contribution in [2.24, 2.45) is 0 Å². The summed E-state index contributed by atoms with van der Waals surface area (Å²) >= 11 is 0. The van der Waals surface area contributed by atoms with Crippen molar-refractivity contribution in [3.63, 3.8) is 0 Å². The van der Waals surface area contributed by atoms with Crippen LogP contribution in [-0.2, 0) is 13.2 Å². The number of rotatable bonds is 6. The molecule has 1 N–H and O–H groups in total. The molecule has 2 rings (SSSR count). The number of hydrogen-bond donors (Lipinski definition) is 1. The van der Waals surface area contributed by atoms with Crippen LogP contribution in [0.3, 0.4) is 0 Å². The van der Waals surface area contributed by atoms with Gasteiger partial charge in [-0.3, -0.25) is 0 Å². The van der Waals surface area contributed by atoms with Crippen LogP contribution >= 0.6 is 0 Å². The summed E-state index contributed by atoms with van der Waals surface area (Å²) in [5, 5.41) is 3.16. The van der Waals surface area contributed by atoms with Crippen molar-refractivity contribution < 1.29 is 17.9 Å². The van der Waals surface area contributed by atoms with Crippen molar-refractivity contribution >= 4 is 0 Å². The van der Waals surface area contributed by atoms with Crippen molar-refractivity contribution in [3.05, 3.63) is 53.5 Å². The summed E-state index contributed by atoms with van der Waals surface area (Å²) < 4.78 is 36.6. The van der Waals surface area contributed by atoms with Crippen molar-refractivity contribution in [3.8, 4) is 5.75 Å². The van der Waals surface area contributed by atoms with Gasteiger partial charge >= 0.3 is 0 Å². The van der Waals surface area contributed by atoms with Gasteiger partial charge in [0.1, 0.15) is 18.2 Å². The van der Waals surface area contributed by atoms with Crippen molar-refractivity contribution in [1.82, 2.24) is 5.32 Å². The Balaban J connectivity index is 1.92. The third kappa shape index (κ3) is 3.79. The maximum absolute atomic E-state index is 13.3. The minimum Gasteiger partial charge on any atom is -0.483 e. The molecule has 2 aromatic rings.